The van der Waals surface area contributed by atoms with Crippen LogP contribution in [-0.4, -0.2) is 23.2 Å². The van der Waals surface area contributed by atoms with Crippen molar-refractivity contribution >= 4 is 23.2 Å². The van der Waals surface area contributed by atoms with Crippen molar-refractivity contribution in [2.24, 2.45) is 5.92 Å². The number of hydrogen-bond acceptors (Lipinski definition) is 4. The van der Waals surface area contributed by atoms with Crippen LogP contribution in [0.5, 0.6) is 0 Å². The molecule has 0 saturated carbocycles. The van der Waals surface area contributed by atoms with Gasteiger partial charge in [-0.25, -0.2) is 9.37 Å². The monoisotopic (exact) mass is 447 g/mol. The Hall–Kier alpha value is -3.54. The van der Waals surface area contributed by atoms with Crippen LogP contribution < -0.4 is 10.6 Å². The summed E-state index contributed by atoms with van der Waals surface area (Å²) in [4.78, 5) is 30.4. The third kappa shape index (κ3) is 6.25. The number of nitrogen functional groups attached to an aromatic ring is 1. The first kappa shape index (κ1) is 24.1. The highest BCUT2D eigenvalue weighted by Gasteiger charge is 2.19. The molecular weight excluding hydrogens is 417 g/mol. The molecule has 33 heavy (non-hydrogen) atoms. The third-order valence-electron chi connectivity index (χ3n) is 5.42. The van der Waals surface area contributed by atoms with E-state index in [1.165, 1.54) is 11.0 Å². The molecule has 5 nitrogen and oxygen atoms in total. The molecule has 2 N–H and O–H groups in total. The lowest BCUT2D eigenvalue weighted by molar-refractivity contribution is -0.118. The summed E-state index contributed by atoms with van der Waals surface area (Å²) in [7, 11) is 0. The number of aromatic nitrogens is 1. The molecule has 1 amide bonds. The number of hydrogen-bond donors (Lipinski definition) is 1. The van der Waals surface area contributed by atoms with Gasteiger partial charge in [-0.1, -0.05) is 57.2 Å². The van der Waals surface area contributed by atoms with E-state index in [-0.39, 0.29) is 17.6 Å². The second-order valence-electron chi connectivity index (χ2n) is 8.51. The van der Waals surface area contributed by atoms with Crippen LogP contribution in [-0.2, 0) is 11.2 Å². The summed E-state index contributed by atoms with van der Waals surface area (Å²) in [5, 5.41) is 0. The molecule has 2 aromatic carbocycles. The van der Waals surface area contributed by atoms with Crippen LogP contribution in [0.25, 0.3) is 11.1 Å². The molecule has 0 radical (unpaired) electrons. The molecule has 1 aromatic heterocycles. The number of benzene rings is 2. The maximum absolute atomic E-state index is 15.0. The van der Waals surface area contributed by atoms with Gasteiger partial charge < -0.3 is 10.6 Å². The quantitative estimate of drug-likeness (QED) is 0.428. The Morgan fingerprint density at radius 1 is 1.03 bits per heavy atom. The Balaban J connectivity index is 1.72. The number of aryl methyl sites for hydroxylation is 1. The maximum atomic E-state index is 15.0. The number of ketones is 1. The number of rotatable bonds is 9. The smallest absolute Gasteiger partial charge is 0.226 e. The molecule has 0 bridgehead atoms. The summed E-state index contributed by atoms with van der Waals surface area (Å²) in [6.45, 7) is 6.24. The van der Waals surface area contributed by atoms with Gasteiger partial charge in [-0.15, -0.1) is 0 Å². The molecule has 0 aliphatic carbocycles. The van der Waals surface area contributed by atoms with Crippen LogP contribution in [0.1, 0.15) is 49.5 Å². The van der Waals surface area contributed by atoms with Crippen LogP contribution in [0.2, 0.25) is 0 Å². The summed E-state index contributed by atoms with van der Waals surface area (Å²) in [6, 6.07) is 15.6. The van der Waals surface area contributed by atoms with E-state index in [0.29, 0.717) is 48.4 Å². The first-order valence-electron chi connectivity index (χ1n) is 11.2. The number of halogens is 1. The van der Waals surface area contributed by atoms with Gasteiger partial charge in [0, 0.05) is 31.1 Å². The molecule has 172 valence electrons. The van der Waals surface area contributed by atoms with Crippen molar-refractivity contribution in [3.63, 3.8) is 0 Å². The molecule has 6 heteroatoms. The number of anilines is 2. The Bertz CT molecular complexity index is 1110. The van der Waals surface area contributed by atoms with E-state index in [4.69, 9.17) is 5.73 Å². The summed E-state index contributed by atoms with van der Waals surface area (Å²) >= 11 is 0. The molecular formula is C27H30FN3O2. The van der Waals surface area contributed by atoms with Crippen molar-refractivity contribution in [2.75, 3.05) is 17.2 Å². The Labute approximate surface area is 194 Å². The number of amides is 1. The molecule has 1 heterocycles. The van der Waals surface area contributed by atoms with E-state index in [0.717, 1.165) is 11.1 Å². The molecule has 0 spiro atoms. The van der Waals surface area contributed by atoms with Crippen molar-refractivity contribution in [1.29, 1.82) is 0 Å². The van der Waals surface area contributed by atoms with Crippen LogP contribution in [0.4, 0.5) is 15.9 Å². The predicted molar refractivity (Wildman–Crippen MR) is 131 cm³/mol. The van der Waals surface area contributed by atoms with Gasteiger partial charge in [-0.3, -0.25) is 9.59 Å². The Kier molecular flexibility index (Phi) is 7.93. The summed E-state index contributed by atoms with van der Waals surface area (Å²) in [5.41, 5.74) is 8.94. The van der Waals surface area contributed by atoms with Gasteiger partial charge in [0.25, 0.3) is 0 Å². The van der Waals surface area contributed by atoms with Gasteiger partial charge >= 0.3 is 0 Å². The number of pyridine rings is 1. The second kappa shape index (κ2) is 10.9. The van der Waals surface area contributed by atoms with Gasteiger partial charge in [0.05, 0.1) is 5.69 Å². The molecule has 0 saturated heterocycles. The zero-order valence-electron chi connectivity index (χ0n) is 19.3. The predicted octanol–water partition coefficient (Wildman–Crippen LogP) is 5.68. The van der Waals surface area contributed by atoms with Gasteiger partial charge in [0.2, 0.25) is 5.91 Å². The minimum atomic E-state index is -0.438. The largest absolute Gasteiger partial charge is 0.384 e. The second-order valence-corrected chi connectivity index (χ2v) is 8.51. The summed E-state index contributed by atoms with van der Waals surface area (Å²) in [5.74, 6) is 0.165. The van der Waals surface area contributed by atoms with E-state index in [9.17, 15) is 14.0 Å². The van der Waals surface area contributed by atoms with Gasteiger partial charge in [0.1, 0.15) is 11.6 Å². The van der Waals surface area contributed by atoms with Gasteiger partial charge in [0.15, 0.2) is 5.78 Å². The molecule has 0 unspecified atom stereocenters. The first-order valence-corrected chi connectivity index (χ1v) is 11.2. The fourth-order valence-electron chi connectivity index (χ4n) is 3.63. The van der Waals surface area contributed by atoms with Crippen LogP contribution >= 0.6 is 0 Å². The molecule has 0 aliphatic heterocycles. The Morgan fingerprint density at radius 3 is 2.30 bits per heavy atom. The summed E-state index contributed by atoms with van der Waals surface area (Å²) in [6.07, 6.45) is 2.95. The van der Waals surface area contributed by atoms with Gasteiger partial charge in [-0.2, -0.15) is 0 Å². The van der Waals surface area contributed by atoms with Crippen LogP contribution in [0.3, 0.4) is 0 Å². The van der Waals surface area contributed by atoms with E-state index < -0.39 is 5.82 Å². The standard InChI is InChI=1S/C27H30FN3O2/c1-4-27(33)31(17-18(2)3)24-12-11-22(15-23(24)28)20-7-9-21(10-8-20)25(32)13-5-19-6-14-26(29)30-16-19/h6-12,14-16,18H,4-5,13,17H2,1-3H3,(H2,29,30). The molecule has 0 fully saturated rings. The third-order valence-corrected chi connectivity index (χ3v) is 5.42. The lowest BCUT2D eigenvalue weighted by Gasteiger charge is -2.25. The lowest BCUT2D eigenvalue weighted by Crippen LogP contribution is -2.34. The number of carbonyl (C=O) groups excluding carboxylic acids is 2. The number of carbonyl (C=O) groups is 2. The molecule has 3 aromatic rings. The molecule has 3 rings (SSSR count). The van der Waals surface area contributed by atoms with E-state index in [1.54, 1.807) is 43.5 Å². The normalized spacial score (nSPS) is 10.9. The maximum Gasteiger partial charge on any atom is 0.226 e. The topological polar surface area (TPSA) is 76.3 Å². The molecule has 0 aliphatic rings. The number of nitrogens with zero attached hydrogens (tertiary/aromatic N) is 2. The number of nitrogens with two attached hydrogens (primary N) is 1. The Morgan fingerprint density at radius 2 is 1.73 bits per heavy atom. The highest BCUT2D eigenvalue weighted by Crippen LogP contribution is 2.28. The number of Topliss-reactive ketones (excluding diaryl/α,β-unsaturated/α-hetero) is 1. The average molecular weight is 448 g/mol. The van der Waals surface area contributed by atoms with Crippen LogP contribution in [0, 0.1) is 11.7 Å². The zero-order valence-corrected chi connectivity index (χ0v) is 19.3. The van der Waals surface area contributed by atoms with Gasteiger partial charge in [-0.05, 0) is 47.2 Å². The SMILES string of the molecule is CCC(=O)N(CC(C)C)c1ccc(-c2ccc(C(=O)CCc3ccc(N)nc3)cc2)cc1F. The minimum Gasteiger partial charge on any atom is -0.384 e. The fourth-order valence-corrected chi connectivity index (χ4v) is 3.63. The van der Waals surface area contributed by atoms with Crippen molar-refractivity contribution in [3.05, 3.63) is 77.7 Å². The van der Waals surface area contributed by atoms with Crippen molar-refractivity contribution < 1.29 is 14.0 Å². The summed E-state index contributed by atoms with van der Waals surface area (Å²) < 4.78 is 15.0. The lowest BCUT2D eigenvalue weighted by atomic mass is 9.99. The van der Waals surface area contributed by atoms with E-state index in [1.807, 2.05) is 32.0 Å². The highest BCUT2D eigenvalue weighted by molar-refractivity contribution is 5.96. The molecule has 0 atom stereocenters. The first-order chi connectivity index (χ1) is 15.8. The van der Waals surface area contributed by atoms with Crippen molar-refractivity contribution in [3.8, 4) is 11.1 Å². The average Bonchev–Trinajstić information content (AvgIpc) is 2.81. The van der Waals surface area contributed by atoms with Crippen molar-refractivity contribution in [1.82, 2.24) is 4.98 Å². The van der Waals surface area contributed by atoms with E-state index >= 15 is 0 Å². The highest BCUT2D eigenvalue weighted by atomic mass is 19.1. The fraction of sp³-hybridized carbons (Fsp3) is 0.296. The van der Waals surface area contributed by atoms with E-state index in [2.05, 4.69) is 4.98 Å². The van der Waals surface area contributed by atoms with Crippen molar-refractivity contribution in [2.45, 2.75) is 40.0 Å². The zero-order chi connectivity index (χ0) is 24.0. The minimum absolute atomic E-state index is 0.0299. The van der Waals surface area contributed by atoms with Crippen LogP contribution in [0.15, 0.2) is 60.8 Å².